The second kappa shape index (κ2) is 7.47. The second-order valence-electron chi connectivity index (χ2n) is 6.01. The van der Waals surface area contributed by atoms with Crippen LogP contribution in [0, 0.1) is 0 Å². The Hall–Kier alpha value is -2.68. The molecule has 0 atom stereocenters. The van der Waals surface area contributed by atoms with Crippen molar-refractivity contribution in [2.45, 2.75) is 25.4 Å². The molecule has 1 aliphatic rings. The zero-order valence-electron chi connectivity index (χ0n) is 14.0. The average Bonchev–Trinajstić information content (AvgIpc) is 2.61. The van der Waals surface area contributed by atoms with Gasteiger partial charge >= 0.3 is 6.09 Å². The molecular formula is C16H21N5O4. The minimum Gasteiger partial charge on any atom is -0.480 e. The van der Waals surface area contributed by atoms with Gasteiger partial charge in [-0.05, 0) is 18.9 Å². The van der Waals surface area contributed by atoms with E-state index in [-0.39, 0.29) is 11.6 Å². The number of nitrogens with zero attached hydrogens (tertiary/aromatic N) is 4. The molecule has 0 saturated carbocycles. The molecule has 25 heavy (non-hydrogen) atoms. The molecule has 0 aliphatic carbocycles. The maximum absolute atomic E-state index is 12.2. The van der Waals surface area contributed by atoms with E-state index in [1.54, 1.807) is 10.6 Å². The third-order valence-electron chi connectivity index (χ3n) is 4.43. The van der Waals surface area contributed by atoms with Crippen molar-refractivity contribution >= 4 is 17.3 Å². The Morgan fingerprint density at radius 1 is 1.36 bits per heavy atom. The number of ether oxygens (including phenoxy) is 1. The summed E-state index contributed by atoms with van der Waals surface area (Å²) in [5.74, 6) is 0.368. The zero-order chi connectivity index (χ0) is 17.8. The topological polar surface area (TPSA) is 110 Å². The van der Waals surface area contributed by atoms with Crippen LogP contribution in [0.2, 0.25) is 0 Å². The summed E-state index contributed by atoms with van der Waals surface area (Å²) in [6.07, 6.45) is 2.08. The zero-order valence-corrected chi connectivity index (χ0v) is 14.0. The van der Waals surface area contributed by atoms with Crippen molar-refractivity contribution in [3.8, 4) is 5.88 Å². The largest absolute Gasteiger partial charge is 0.480 e. The summed E-state index contributed by atoms with van der Waals surface area (Å²) in [5.41, 5.74) is 1.02. The van der Waals surface area contributed by atoms with Gasteiger partial charge in [0.1, 0.15) is 5.52 Å². The van der Waals surface area contributed by atoms with Gasteiger partial charge in [-0.1, -0.05) is 0 Å². The molecule has 0 radical (unpaired) electrons. The molecule has 0 aromatic carbocycles. The van der Waals surface area contributed by atoms with Crippen LogP contribution in [-0.2, 0) is 6.54 Å². The van der Waals surface area contributed by atoms with Crippen LogP contribution in [-0.4, -0.2) is 63.4 Å². The van der Waals surface area contributed by atoms with Gasteiger partial charge in [-0.3, -0.25) is 9.36 Å². The monoisotopic (exact) mass is 347 g/mol. The summed E-state index contributed by atoms with van der Waals surface area (Å²) >= 11 is 0. The molecule has 2 aromatic heterocycles. The number of piperidine rings is 1. The standard InChI is InChI=1S/C16H21N5O4/c1-25-13-10-17-12-2-3-14(22)21(15(12)19-13)9-8-20-6-4-11(5-7-20)18-16(23)24/h2-3,10-11,18H,4-9H2,1H3,(H,23,24). The first-order valence-corrected chi connectivity index (χ1v) is 8.19. The van der Waals surface area contributed by atoms with Crippen LogP contribution in [0.1, 0.15) is 12.8 Å². The first-order valence-electron chi connectivity index (χ1n) is 8.19. The van der Waals surface area contributed by atoms with Gasteiger partial charge in [-0.25, -0.2) is 9.78 Å². The van der Waals surface area contributed by atoms with Gasteiger partial charge in [-0.15, -0.1) is 0 Å². The first kappa shape index (κ1) is 17.2. The number of hydrogen-bond donors (Lipinski definition) is 2. The summed E-state index contributed by atoms with van der Waals surface area (Å²) in [5, 5.41) is 11.3. The maximum atomic E-state index is 12.2. The number of likely N-dealkylation sites (tertiary alicyclic amines) is 1. The predicted octanol–water partition coefficient (Wildman–Crippen LogP) is 0.532. The van der Waals surface area contributed by atoms with Crippen LogP contribution in [0.3, 0.4) is 0 Å². The van der Waals surface area contributed by atoms with Gasteiger partial charge in [0.2, 0.25) is 5.88 Å². The number of carbonyl (C=O) groups is 1. The quantitative estimate of drug-likeness (QED) is 0.812. The van der Waals surface area contributed by atoms with Crippen LogP contribution >= 0.6 is 0 Å². The minimum absolute atomic E-state index is 0.00385. The summed E-state index contributed by atoms with van der Waals surface area (Å²) in [7, 11) is 1.51. The molecule has 0 spiro atoms. The Labute approximate surface area is 144 Å². The van der Waals surface area contributed by atoms with Crippen molar-refractivity contribution in [1.82, 2.24) is 24.8 Å². The normalized spacial score (nSPS) is 16.0. The molecule has 0 bridgehead atoms. The molecular weight excluding hydrogens is 326 g/mol. The molecule has 9 nitrogen and oxygen atoms in total. The van der Waals surface area contributed by atoms with Crippen molar-refractivity contribution in [2.24, 2.45) is 0 Å². The molecule has 1 saturated heterocycles. The Kier molecular flexibility index (Phi) is 5.13. The highest BCUT2D eigenvalue weighted by atomic mass is 16.5. The first-order chi connectivity index (χ1) is 12.1. The Bertz CT molecular complexity index is 814. The van der Waals surface area contributed by atoms with Crippen LogP contribution in [0.4, 0.5) is 4.79 Å². The van der Waals surface area contributed by atoms with Gasteiger partial charge in [0.25, 0.3) is 5.56 Å². The van der Waals surface area contributed by atoms with E-state index < -0.39 is 6.09 Å². The van der Waals surface area contributed by atoms with Gasteiger partial charge in [-0.2, -0.15) is 4.98 Å². The van der Waals surface area contributed by atoms with E-state index >= 15 is 0 Å². The van der Waals surface area contributed by atoms with Crippen molar-refractivity contribution in [1.29, 1.82) is 0 Å². The average molecular weight is 347 g/mol. The summed E-state index contributed by atoms with van der Waals surface area (Å²) in [6.45, 7) is 2.77. The molecule has 1 fully saturated rings. The summed E-state index contributed by atoms with van der Waals surface area (Å²) < 4.78 is 6.70. The number of amides is 1. The molecule has 2 aromatic rings. The number of rotatable bonds is 5. The lowest BCUT2D eigenvalue weighted by atomic mass is 10.1. The van der Waals surface area contributed by atoms with E-state index in [2.05, 4.69) is 20.2 Å². The highest BCUT2D eigenvalue weighted by Crippen LogP contribution is 2.13. The molecule has 9 heteroatoms. The third kappa shape index (κ3) is 4.05. The van der Waals surface area contributed by atoms with Crippen LogP contribution in [0.15, 0.2) is 23.1 Å². The van der Waals surface area contributed by atoms with Crippen molar-refractivity contribution in [2.75, 3.05) is 26.7 Å². The van der Waals surface area contributed by atoms with Crippen LogP contribution in [0.5, 0.6) is 5.88 Å². The van der Waals surface area contributed by atoms with E-state index in [4.69, 9.17) is 9.84 Å². The van der Waals surface area contributed by atoms with Gasteiger partial charge < -0.3 is 20.1 Å². The van der Waals surface area contributed by atoms with E-state index in [1.807, 2.05) is 0 Å². The third-order valence-corrected chi connectivity index (χ3v) is 4.43. The molecule has 1 amide bonds. The van der Waals surface area contributed by atoms with Gasteiger partial charge in [0.05, 0.1) is 13.3 Å². The lowest BCUT2D eigenvalue weighted by Crippen LogP contribution is -2.45. The maximum Gasteiger partial charge on any atom is 0.404 e. The number of fused-ring (bicyclic) bond motifs is 1. The van der Waals surface area contributed by atoms with Crippen LogP contribution < -0.4 is 15.6 Å². The fourth-order valence-corrected chi connectivity index (χ4v) is 3.07. The number of nitrogens with one attached hydrogen (secondary N) is 1. The predicted molar refractivity (Wildman–Crippen MR) is 91.0 cm³/mol. The van der Waals surface area contributed by atoms with E-state index in [9.17, 15) is 9.59 Å². The number of aromatic nitrogens is 3. The Morgan fingerprint density at radius 2 is 2.12 bits per heavy atom. The van der Waals surface area contributed by atoms with Crippen molar-refractivity contribution < 1.29 is 14.6 Å². The minimum atomic E-state index is -0.978. The number of methoxy groups -OCH3 is 1. The second-order valence-corrected chi connectivity index (χ2v) is 6.01. The molecule has 2 N–H and O–H groups in total. The number of carboxylic acid groups (broad SMARTS) is 1. The van der Waals surface area contributed by atoms with Gasteiger partial charge in [0.15, 0.2) is 5.65 Å². The fraction of sp³-hybridized carbons (Fsp3) is 0.500. The number of hydrogen-bond acceptors (Lipinski definition) is 6. The number of pyridine rings is 1. The summed E-state index contributed by atoms with van der Waals surface area (Å²) in [4.78, 5) is 33.8. The molecule has 134 valence electrons. The Morgan fingerprint density at radius 3 is 2.80 bits per heavy atom. The Balaban J connectivity index is 1.68. The van der Waals surface area contributed by atoms with Crippen LogP contribution in [0.25, 0.3) is 11.2 Å². The fourth-order valence-electron chi connectivity index (χ4n) is 3.07. The van der Waals surface area contributed by atoms with E-state index in [1.165, 1.54) is 19.4 Å². The van der Waals surface area contributed by atoms with E-state index in [0.29, 0.717) is 30.1 Å². The molecule has 1 aliphatic heterocycles. The molecule has 3 heterocycles. The lowest BCUT2D eigenvalue weighted by Gasteiger charge is -2.31. The molecule has 3 rings (SSSR count). The highest BCUT2D eigenvalue weighted by molar-refractivity contribution is 5.70. The molecule has 0 unspecified atom stereocenters. The van der Waals surface area contributed by atoms with E-state index in [0.717, 1.165) is 25.9 Å². The lowest BCUT2D eigenvalue weighted by molar-refractivity contribution is 0.166. The van der Waals surface area contributed by atoms with Gasteiger partial charge in [0, 0.05) is 38.3 Å². The smallest absolute Gasteiger partial charge is 0.404 e. The van der Waals surface area contributed by atoms with Crippen molar-refractivity contribution in [3.05, 3.63) is 28.7 Å². The highest BCUT2D eigenvalue weighted by Gasteiger charge is 2.20. The van der Waals surface area contributed by atoms with Crippen molar-refractivity contribution in [3.63, 3.8) is 0 Å². The SMILES string of the molecule is COc1cnc2ccc(=O)n(CCN3CCC(NC(=O)O)CC3)c2n1. The summed E-state index contributed by atoms with van der Waals surface area (Å²) in [6, 6.07) is 3.15.